The minimum absolute atomic E-state index is 0.0934. The van der Waals surface area contributed by atoms with Crippen molar-refractivity contribution >= 4 is 22.2 Å². The van der Waals surface area contributed by atoms with Gasteiger partial charge in [-0.15, -0.1) is 13.2 Å². The first-order valence-electron chi connectivity index (χ1n) is 4.75. The minimum Gasteiger partial charge on any atom is -0.427 e. The van der Waals surface area contributed by atoms with E-state index in [2.05, 4.69) is 25.4 Å². The molecule has 1 aromatic carbocycles. The quantitative estimate of drug-likeness (QED) is 0.582. The van der Waals surface area contributed by atoms with Crippen molar-refractivity contribution in [1.29, 1.82) is 0 Å². The molecule has 112 valence electrons. The molecule has 0 heterocycles. The van der Waals surface area contributed by atoms with Crippen LogP contribution in [0.15, 0.2) is 22.7 Å². The Balaban J connectivity index is 2.87. The Hall–Kier alpha value is -1.29. The molecule has 0 fully saturated rings. The molecule has 0 saturated heterocycles. The van der Waals surface area contributed by atoms with Crippen LogP contribution in [0.1, 0.15) is 10.4 Å². The summed E-state index contributed by atoms with van der Waals surface area (Å²) in [6, 6.07) is 2.99. The monoisotopic (exact) mass is 366 g/mol. The maximum atomic E-state index is 13.1. The van der Waals surface area contributed by atoms with E-state index in [0.29, 0.717) is 6.29 Å². The van der Waals surface area contributed by atoms with Crippen molar-refractivity contribution in [2.45, 2.75) is 18.8 Å². The van der Waals surface area contributed by atoms with Crippen molar-refractivity contribution in [3.63, 3.8) is 0 Å². The predicted octanol–water partition coefficient (Wildman–Crippen LogP) is 4.07. The summed E-state index contributed by atoms with van der Waals surface area (Å²) in [6.45, 7) is 0. The highest BCUT2D eigenvalue weighted by Gasteiger charge is 2.50. The number of ether oxygens (including phenoxy) is 2. The van der Waals surface area contributed by atoms with E-state index in [4.69, 9.17) is 0 Å². The topological polar surface area (TPSA) is 35.5 Å². The Morgan fingerprint density at radius 3 is 2.25 bits per heavy atom. The van der Waals surface area contributed by atoms with Crippen LogP contribution < -0.4 is 4.74 Å². The number of hydrogen-bond donors (Lipinski definition) is 0. The molecule has 0 amide bonds. The van der Waals surface area contributed by atoms with Crippen molar-refractivity contribution in [2.24, 2.45) is 0 Å². The smallest absolute Gasteiger partial charge is 0.427 e. The van der Waals surface area contributed by atoms with Gasteiger partial charge in [-0.3, -0.25) is 4.79 Å². The number of benzene rings is 1. The Kier molecular flexibility index (Phi) is 5.03. The molecule has 0 bridgehead atoms. The molecule has 3 nitrogen and oxygen atoms in total. The molecule has 0 spiro atoms. The largest absolute Gasteiger partial charge is 0.525 e. The fourth-order valence-corrected chi connectivity index (χ4v) is 1.53. The molecule has 0 aliphatic heterocycles. The predicted molar refractivity (Wildman–Crippen MR) is 57.1 cm³/mol. The number of aldehydes is 1. The summed E-state index contributed by atoms with van der Waals surface area (Å²) in [5.41, 5.74) is 0.0934. The molecular weight excluding hydrogens is 362 g/mol. The standard InChI is InChI=1S/C10H5BrF6O3/c11-6-3-5(4-18)1-2-7(6)19-9(13,14)8(12)20-10(15,16)17/h1-4,8H/t8-/m0/s1. The van der Waals surface area contributed by atoms with Crippen LogP contribution in [0.25, 0.3) is 0 Å². The van der Waals surface area contributed by atoms with Crippen molar-refractivity contribution in [1.82, 2.24) is 0 Å². The highest BCUT2D eigenvalue weighted by Crippen LogP contribution is 2.35. The zero-order valence-electron chi connectivity index (χ0n) is 9.26. The van der Waals surface area contributed by atoms with E-state index in [0.717, 1.165) is 18.2 Å². The molecule has 0 aromatic heterocycles. The first-order valence-corrected chi connectivity index (χ1v) is 5.54. The van der Waals surface area contributed by atoms with Crippen LogP contribution >= 0.6 is 15.9 Å². The van der Waals surface area contributed by atoms with Crippen LogP contribution in [-0.4, -0.2) is 25.1 Å². The van der Waals surface area contributed by atoms with Gasteiger partial charge in [0, 0.05) is 5.56 Å². The molecule has 10 heteroatoms. The van der Waals surface area contributed by atoms with E-state index in [-0.39, 0.29) is 10.0 Å². The van der Waals surface area contributed by atoms with Crippen LogP contribution in [0, 0.1) is 0 Å². The number of halogens is 7. The minimum atomic E-state index is -5.58. The van der Waals surface area contributed by atoms with Crippen LogP contribution in [0.3, 0.4) is 0 Å². The molecule has 1 rings (SSSR count). The van der Waals surface area contributed by atoms with E-state index in [1.54, 1.807) is 0 Å². The van der Waals surface area contributed by atoms with Crippen molar-refractivity contribution in [3.8, 4) is 5.75 Å². The summed E-state index contributed by atoms with van der Waals surface area (Å²) in [5, 5.41) is 0. The van der Waals surface area contributed by atoms with Gasteiger partial charge in [-0.1, -0.05) is 0 Å². The lowest BCUT2D eigenvalue weighted by Crippen LogP contribution is -2.41. The van der Waals surface area contributed by atoms with Gasteiger partial charge in [0.05, 0.1) is 4.47 Å². The van der Waals surface area contributed by atoms with Gasteiger partial charge in [-0.05, 0) is 34.1 Å². The number of rotatable bonds is 5. The molecule has 20 heavy (non-hydrogen) atoms. The Morgan fingerprint density at radius 2 is 1.80 bits per heavy atom. The third-order valence-electron chi connectivity index (χ3n) is 1.84. The van der Waals surface area contributed by atoms with Gasteiger partial charge in [-0.25, -0.2) is 9.13 Å². The second-order valence-corrected chi connectivity index (χ2v) is 4.21. The molecule has 1 aromatic rings. The van der Waals surface area contributed by atoms with Crippen LogP contribution in [-0.2, 0) is 4.74 Å². The molecular formula is C10H5BrF6O3. The fraction of sp³-hybridized carbons (Fsp3) is 0.300. The second-order valence-electron chi connectivity index (χ2n) is 3.35. The van der Waals surface area contributed by atoms with Crippen molar-refractivity contribution in [3.05, 3.63) is 28.2 Å². The van der Waals surface area contributed by atoms with Gasteiger partial charge in [0.2, 0.25) is 0 Å². The van der Waals surface area contributed by atoms with Crippen molar-refractivity contribution < 1.29 is 40.6 Å². The van der Waals surface area contributed by atoms with Crippen LogP contribution in [0.4, 0.5) is 26.3 Å². The zero-order chi connectivity index (χ0) is 15.6. The summed E-state index contributed by atoms with van der Waals surface area (Å²) in [5.74, 6) is -0.658. The second kappa shape index (κ2) is 6.00. The third kappa shape index (κ3) is 4.67. The summed E-state index contributed by atoms with van der Waals surface area (Å²) < 4.78 is 80.1. The number of alkyl halides is 6. The summed E-state index contributed by atoms with van der Waals surface area (Å²) in [7, 11) is 0. The molecule has 0 aliphatic carbocycles. The Morgan fingerprint density at radius 1 is 1.20 bits per heavy atom. The van der Waals surface area contributed by atoms with Crippen molar-refractivity contribution in [2.75, 3.05) is 0 Å². The first-order chi connectivity index (χ1) is 9.05. The molecule has 1 atom stereocenters. The van der Waals surface area contributed by atoms with Crippen LogP contribution in [0.2, 0.25) is 0 Å². The van der Waals surface area contributed by atoms with E-state index >= 15 is 0 Å². The normalized spacial score (nSPS) is 13.9. The highest BCUT2D eigenvalue weighted by molar-refractivity contribution is 9.10. The fourth-order valence-electron chi connectivity index (χ4n) is 1.05. The van der Waals surface area contributed by atoms with Crippen LogP contribution in [0.5, 0.6) is 5.75 Å². The Labute approximate surface area is 116 Å². The maximum Gasteiger partial charge on any atom is 0.525 e. The van der Waals surface area contributed by atoms with E-state index < -0.39 is 24.6 Å². The molecule has 0 unspecified atom stereocenters. The van der Waals surface area contributed by atoms with Gasteiger partial charge >= 0.3 is 18.8 Å². The number of hydrogen-bond acceptors (Lipinski definition) is 3. The SMILES string of the molecule is O=Cc1ccc(OC(F)(F)[C@@H](F)OC(F)(F)F)c(Br)c1. The highest BCUT2D eigenvalue weighted by atomic mass is 79.9. The molecule has 0 saturated carbocycles. The van der Waals surface area contributed by atoms with E-state index in [1.807, 2.05) is 0 Å². The number of carbonyl (C=O) groups is 1. The van der Waals surface area contributed by atoms with Gasteiger partial charge in [0.25, 0.3) is 0 Å². The van der Waals surface area contributed by atoms with Gasteiger partial charge in [0.15, 0.2) is 0 Å². The van der Waals surface area contributed by atoms with Gasteiger partial charge in [-0.2, -0.15) is 8.78 Å². The third-order valence-corrected chi connectivity index (χ3v) is 2.46. The molecule has 0 N–H and O–H groups in total. The molecule has 0 aliphatic rings. The summed E-state index contributed by atoms with van der Waals surface area (Å²) in [4.78, 5) is 10.4. The number of carbonyl (C=O) groups excluding carboxylic acids is 1. The van der Waals surface area contributed by atoms with Gasteiger partial charge < -0.3 is 4.74 Å². The summed E-state index contributed by atoms with van der Waals surface area (Å²) in [6.07, 6.45) is -14.1. The summed E-state index contributed by atoms with van der Waals surface area (Å²) >= 11 is 2.75. The first kappa shape index (κ1) is 16.8. The average molecular weight is 367 g/mol. The lowest BCUT2D eigenvalue weighted by Gasteiger charge is -2.22. The van der Waals surface area contributed by atoms with E-state index in [9.17, 15) is 31.1 Å². The Bertz CT molecular complexity index is 490. The maximum absolute atomic E-state index is 13.1. The van der Waals surface area contributed by atoms with Gasteiger partial charge in [0.1, 0.15) is 12.0 Å². The average Bonchev–Trinajstić information content (AvgIpc) is 2.29. The van der Waals surface area contributed by atoms with E-state index in [1.165, 1.54) is 0 Å². The molecule has 0 radical (unpaired) electrons. The zero-order valence-corrected chi connectivity index (χ0v) is 10.8. The lowest BCUT2D eigenvalue weighted by atomic mass is 10.2. The lowest BCUT2D eigenvalue weighted by molar-refractivity contribution is -0.411.